The summed E-state index contributed by atoms with van der Waals surface area (Å²) in [5.74, 6) is 0. The number of carbonyl (C=O) groups excluding carboxylic acids is 1. The van der Waals surface area contributed by atoms with Crippen LogP contribution in [-0.2, 0) is 4.74 Å². The summed E-state index contributed by atoms with van der Waals surface area (Å²) in [5.41, 5.74) is -0.503. The molecule has 0 bridgehead atoms. The minimum Gasteiger partial charge on any atom is -0.444 e. The van der Waals surface area contributed by atoms with Gasteiger partial charge in [0.25, 0.3) is 0 Å². The van der Waals surface area contributed by atoms with E-state index >= 15 is 0 Å². The standard InChI is InChI=1S/C10H20N2O3/c1-10(2,3)15-9(14)12-7-6-11-5-4-8(7)13/h7-8,11,13H,4-6H2,1-3H3,(H,12,14)/t7-,8+/m0/s1. The Morgan fingerprint density at radius 1 is 1.53 bits per heavy atom. The summed E-state index contributed by atoms with van der Waals surface area (Å²) in [4.78, 5) is 11.4. The van der Waals surface area contributed by atoms with E-state index in [-0.39, 0.29) is 6.04 Å². The van der Waals surface area contributed by atoms with Crippen molar-refractivity contribution in [2.75, 3.05) is 13.1 Å². The molecule has 0 spiro atoms. The van der Waals surface area contributed by atoms with Gasteiger partial charge in [-0.1, -0.05) is 0 Å². The van der Waals surface area contributed by atoms with Crippen molar-refractivity contribution >= 4 is 6.09 Å². The van der Waals surface area contributed by atoms with Gasteiger partial charge in [-0.2, -0.15) is 0 Å². The van der Waals surface area contributed by atoms with Crippen LogP contribution in [0.25, 0.3) is 0 Å². The Balaban J connectivity index is 2.36. The van der Waals surface area contributed by atoms with Crippen molar-refractivity contribution in [2.24, 2.45) is 0 Å². The number of aliphatic hydroxyl groups is 1. The smallest absolute Gasteiger partial charge is 0.408 e. The van der Waals surface area contributed by atoms with Crippen LogP contribution in [0.3, 0.4) is 0 Å². The number of nitrogens with one attached hydrogen (secondary N) is 2. The Morgan fingerprint density at radius 3 is 2.73 bits per heavy atom. The van der Waals surface area contributed by atoms with Crippen molar-refractivity contribution in [3.63, 3.8) is 0 Å². The first-order chi connectivity index (χ1) is 6.88. The van der Waals surface area contributed by atoms with E-state index in [0.717, 1.165) is 6.54 Å². The fourth-order valence-corrected chi connectivity index (χ4v) is 1.45. The lowest BCUT2D eigenvalue weighted by Gasteiger charge is -2.30. The van der Waals surface area contributed by atoms with Crippen LogP contribution in [0.5, 0.6) is 0 Å². The zero-order chi connectivity index (χ0) is 11.5. The van der Waals surface area contributed by atoms with Crippen LogP contribution < -0.4 is 10.6 Å². The molecule has 1 aliphatic rings. The first-order valence-electron chi connectivity index (χ1n) is 5.27. The zero-order valence-corrected chi connectivity index (χ0v) is 9.54. The lowest BCUT2D eigenvalue weighted by Crippen LogP contribution is -2.54. The van der Waals surface area contributed by atoms with Gasteiger partial charge in [-0.05, 0) is 33.7 Å². The molecule has 2 atom stereocenters. The van der Waals surface area contributed by atoms with E-state index in [2.05, 4.69) is 10.6 Å². The average molecular weight is 216 g/mol. The van der Waals surface area contributed by atoms with E-state index in [4.69, 9.17) is 4.74 Å². The van der Waals surface area contributed by atoms with Crippen LogP contribution in [-0.4, -0.2) is 42.0 Å². The van der Waals surface area contributed by atoms with Crippen LogP contribution in [0.1, 0.15) is 27.2 Å². The molecule has 1 aliphatic heterocycles. The van der Waals surface area contributed by atoms with Gasteiger partial charge in [-0.25, -0.2) is 4.79 Å². The molecule has 1 amide bonds. The normalized spacial score (nSPS) is 27.2. The molecule has 0 aliphatic carbocycles. The number of piperidine rings is 1. The third-order valence-electron chi connectivity index (χ3n) is 2.15. The number of ether oxygens (including phenoxy) is 1. The molecule has 1 heterocycles. The SMILES string of the molecule is CC(C)(C)OC(=O)N[C@H]1CNCC[C@H]1O. The second-order valence-electron chi connectivity index (χ2n) is 4.81. The van der Waals surface area contributed by atoms with Crippen LogP contribution in [0.4, 0.5) is 4.79 Å². The molecule has 5 heteroatoms. The highest BCUT2D eigenvalue weighted by molar-refractivity contribution is 5.68. The number of carbonyl (C=O) groups is 1. The van der Waals surface area contributed by atoms with Gasteiger partial charge in [-0.15, -0.1) is 0 Å². The highest BCUT2D eigenvalue weighted by atomic mass is 16.6. The largest absolute Gasteiger partial charge is 0.444 e. The van der Waals surface area contributed by atoms with E-state index in [1.165, 1.54) is 0 Å². The van der Waals surface area contributed by atoms with Gasteiger partial charge in [0.15, 0.2) is 0 Å². The monoisotopic (exact) mass is 216 g/mol. The molecular weight excluding hydrogens is 196 g/mol. The summed E-state index contributed by atoms with van der Waals surface area (Å²) in [6.07, 6.45) is -0.311. The molecule has 3 N–H and O–H groups in total. The molecule has 1 fully saturated rings. The molecule has 1 rings (SSSR count). The van der Waals surface area contributed by atoms with Gasteiger partial charge < -0.3 is 20.5 Å². The van der Waals surface area contributed by atoms with Crippen molar-refractivity contribution in [3.05, 3.63) is 0 Å². The Bertz CT molecular complexity index is 225. The Labute approximate surface area is 90.2 Å². The molecule has 1 saturated heterocycles. The fourth-order valence-electron chi connectivity index (χ4n) is 1.45. The number of hydrogen-bond acceptors (Lipinski definition) is 4. The molecule has 15 heavy (non-hydrogen) atoms. The first kappa shape index (κ1) is 12.3. The molecule has 0 radical (unpaired) electrons. The van der Waals surface area contributed by atoms with Crippen LogP contribution in [0.15, 0.2) is 0 Å². The maximum atomic E-state index is 11.4. The van der Waals surface area contributed by atoms with E-state index in [1.807, 2.05) is 20.8 Å². The van der Waals surface area contributed by atoms with Gasteiger partial charge >= 0.3 is 6.09 Å². The van der Waals surface area contributed by atoms with Crippen molar-refractivity contribution < 1.29 is 14.6 Å². The van der Waals surface area contributed by atoms with Gasteiger partial charge in [0.1, 0.15) is 5.60 Å². The lowest BCUT2D eigenvalue weighted by molar-refractivity contribution is 0.0383. The molecule has 0 saturated carbocycles. The first-order valence-corrected chi connectivity index (χ1v) is 5.27. The van der Waals surface area contributed by atoms with Crippen molar-refractivity contribution in [1.29, 1.82) is 0 Å². The van der Waals surface area contributed by atoms with Gasteiger partial charge in [0, 0.05) is 6.54 Å². The zero-order valence-electron chi connectivity index (χ0n) is 9.54. The van der Waals surface area contributed by atoms with Crippen molar-refractivity contribution in [1.82, 2.24) is 10.6 Å². The second-order valence-corrected chi connectivity index (χ2v) is 4.81. The van der Waals surface area contributed by atoms with Crippen molar-refractivity contribution in [3.8, 4) is 0 Å². The molecule has 0 aromatic heterocycles. The fraction of sp³-hybridized carbons (Fsp3) is 0.900. The van der Waals surface area contributed by atoms with Gasteiger partial charge in [0.05, 0.1) is 12.1 Å². The molecule has 0 aromatic carbocycles. The summed E-state index contributed by atoms with van der Waals surface area (Å²) in [6.45, 7) is 6.79. The minimum absolute atomic E-state index is 0.256. The summed E-state index contributed by atoms with van der Waals surface area (Å²) >= 11 is 0. The van der Waals surface area contributed by atoms with Gasteiger partial charge in [0.2, 0.25) is 0 Å². The molecular formula is C10H20N2O3. The number of hydrogen-bond donors (Lipinski definition) is 3. The Hall–Kier alpha value is -0.810. The third kappa shape index (κ3) is 4.48. The van der Waals surface area contributed by atoms with Gasteiger partial charge in [-0.3, -0.25) is 0 Å². The molecule has 0 unspecified atom stereocenters. The van der Waals surface area contributed by atoms with Crippen LogP contribution >= 0.6 is 0 Å². The highest BCUT2D eigenvalue weighted by Gasteiger charge is 2.26. The lowest BCUT2D eigenvalue weighted by atomic mass is 10.0. The van der Waals surface area contributed by atoms with E-state index < -0.39 is 17.8 Å². The van der Waals surface area contributed by atoms with E-state index in [9.17, 15) is 9.90 Å². The molecule has 0 aromatic rings. The maximum Gasteiger partial charge on any atom is 0.408 e. The summed E-state index contributed by atoms with van der Waals surface area (Å²) < 4.78 is 5.10. The third-order valence-corrected chi connectivity index (χ3v) is 2.15. The second kappa shape index (κ2) is 4.81. The van der Waals surface area contributed by atoms with Crippen molar-refractivity contribution in [2.45, 2.75) is 44.9 Å². The topological polar surface area (TPSA) is 70.6 Å². The Kier molecular flexibility index (Phi) is 3.93. The average Bonchev–Trinajstić information content (AvgIpc) is 2.05. The number of alkyl carbamates (subject to hydrolysis) is 1. The highest BCUT2D eigenvalue weighted by Crippen LogP contribution is 2.08. The number of rotatable bonds is 1. The maximum absolute atomic E-state index is 11.4. The molecule has 5 nitrogen and oxygen atoms in total. The predicted octanol–water partition coefficient (Wildman–Crippen LogP) is 0.234. The minimum atomic E-state index is -0.503. The number of aliphatic hydroxyl groups excluding tert-OH is 1. The predicted molar refractivity (Wildman–Crippen MR) is 56.7 cm³/mol. The van der Waals surface area contributed by atoms with E-state index in [0.29, 0.717) is 13.0 Å². The number of amides is 1. The van der Waals surface area contributed by atoms with E-state index in [1.54, 1.807) is 0 Å². The molecule has 88 valence electrons. The Morgan fingerprint density at radius 2 is 2.20 bits per heavy atom. The summed E-state index contributed by atoms with van der Waals surface area (Å²) in [7, 11) is 0. The van der Waals surface area contributed by atoms with Crippen LogP contribution in [0.2, 0.25) is 0 Å². The summed E-state index contributed by atoms with van der Waals surface area (Å²) in [5, 5.41) is 15.4. The summed E-state index contributed by atoms with van der Waals surface area (Å²) in [6, 6.07) is -0.256. The quantitative estimate of drug-likeness (QED) is 0.587. The van der Waals surface area contributed by atoms with Crippen LogP contribution in [0, 0.1) is 0 Å².